The number of fused-ring (bicyclic) bond motifs is 1. The van der Waals surface area contributed by atoms with Crippen molar-refractivity contribution >= 4 is 17.0 Å². The third kappa shape index (κ3) is 2.18. The molecule has 1 aromatic carbocycles. The smallest absolute Gasteiger partial charge is 0.285 e. The predicted molar refractivity (Wildman–Crippen MR) is 57.5 cm³/mol. The van der Waals surface area contributed by atoms with E-state index in [1.807, 2.05) is 18.2 Å². The highest BCUT2D eigenvalue weighted by atomic mass is 32.2. The quantitative estimate of drug-likeness (QED) is 0.687. The molecule has 4 nitrogen and oxygen atoms in total. The van der Waals surface area contributed by atoms with Gasteiger partial charge in [-0.15, -0.1) is 0 Å². The number of nitrogens with zero attached hydrogens (tertiary/aromatic N) is 1. The molecule has 0 atom stereocenters. The number of hydrogen-bond donors (Lipinski definition) is 0. The minimum atomic E-state index is -0.00568. The molecule has 1 aliphatic rings. The van der Waals surface area contributed by atoms with Gasteiger partial charge < -0.3 is 14.4 Å². The largest absolute Gasteiger partial charge is 0.454 e. The summed E-state index contributed by atoms with van der Waals surface area (Å²) in [5.41, 5.74) is 0. The standard InChI is InChI=1S/C10H11NO3S/c1-11(2)10(12)15-7-3-4-8-9(5-7)14-6-13-8/h3-5H,6H2,1-2H3. The molecule has 0 saturated heterocycles. The highest BCUT2D eigenvalue weighted by Crippen LogP contribution is 2.35. The van der Waals surface area contributed by atoms with Crippen LogP contribution in [0, 0.1) is 0 Å². The Hall–Kier alpha value is -1.36. The molecule has 0 bridgehead atoms. The van der Waals surface area contributed by atoms with E-state index in [0.717, 1.165) is 10.6 Å². The van der Waals surface area contributed by atoms with E-state index in [4.69, 9.17) is 9.47 Å². The Morgan fingerprint density at radius 3 is 2.80 bits per heavy atom. The van der Waals surface area contributed by atoms with Gasteiger partial charge in [-0.1, -0.05) is 0 Å². The number of thioether (sulfide) groups is 1. The summed E-state index contributed by atoms with van der Waals surface area (Å²) in [5, 5.41) is -0.00568. The van der Waals surface area contributed by atoms with Crippen LogP contribution in [-0.2, 0) is 0 Å². The fourth-order valence-electron chi connectivity index (χ4n) is 1.13. The first-order valence-corrected chi connectivity index (χ1v) is 5.27. The Labute approximate surface area is 92.2 Å². The van der Waals surface area contributed by atoms with Crippen molar-refractivity contribution in [1.29, 1.82) is 0 Å². The maximum Gasteiger partial charge on any atom is 0.285 e. The summed E-state index contributed by atoms with van der Waals surface area (Å²) < 4.78 is 10.4. The molecule has 5 heteroatoms. The maximum atomic E-state index is 11.4. The van der Waals surface area contributed by atoms with Crippen LogP contribution in [0.3, 0.4) is 0 Å². The van der Waals surface area contributed by atoms with Gasteiger partial charge in [0.25, 0.3) is 5.24 Å². The van der Waals surface area contributed by atoms with Gasteiger partial charge in [-0.25, -0.2) is 0 Å². The Morgan fingerprint density at radius 2 is 2.07 bits per heavy atom. The van der Waals surface area contributed by atoms with Gasteiger partial charge in [-0.3, -0.25) is 4.79 Å². The summed E-state index contributed by atoms with van der Waals surface area (Å²) in [4.78, 5) is 13.8. The molecule has 0 N–H and O–H groups in total. The monoisotopic (exact) mass is 225 g/mol. The van der Waals surface area contributed by atoms with Crippen molar-refractivity contribution in [3.63, 3.8) is 0 Å². The van der Waals surface area contributed by atoms with Gasteiger partial charge in [0.05, 0.1) is 0 Å². The number of rotatable bonds is 1. The summed E-state index contributed by atoms with van der Waals surface area (Å²) in [6.45, 7) is 0.255. The van der Waals surface area contributed by atoms with Crippen molar-refractivity contribution in [2.75, 3.05) is 20.9 Å². The van der Waals surface area contributed by atoms with Crippen molar-refractivity contribution in [2.45, 2.75) is 4.90 Å². The lowest BCUT2D eigenvalue weighted by Gasteiger charge is -2.09. The summed E-state index contributed by atoms with van der Waals surface area (Å²) in [6, 6.07) is 5.47. The molecule has 1 heterocycles. The Balaban J connectivity index is 2.13. The number of hydrogen-bond acceptors (Lipinski definition) is 4. The van der Waals surface area contributed by atoms with Crippen molar-refractivity contribution in [1.82, 2.24) is 4.90 Å². The lowest BCUT2D eigenvalue weighted by molar-refractivity contribution is 0.174. The van der Waals surface area contributed by atoms with Crippen molar-refractivity contribution in [3.8, 4) is 11.5 Å². The summed E-state index contributed by atoms with van der Waals surface area (Å²) in [7, 11) is 3.45. The zero-order valence-corrected chi connectivity index (χ0v) is 9.34. The van der Waals surface area contributed by atoms with Crippen LogP contribution in [0.5, 0.6) is 11.5 Å². The number of benzene rings is 1. The molecule has 80 valence electrons. The lowest BCUT2D eigenvalue weighted by Crippen LogP contribution is -2.15. The molecule has 1 aliphatic heterocycles. The van der Waals surface area contributed by atoms with Gasteiger partial charge >= 0.3 is 0 Å². The molecule has 0 aliphatic carbocycles. The minimum Gasteiger partial charge on any atom is -0.454 e. The van der Waals surface area contributed by atoms with Crippen LogP contribution in [0.1, 0.15) is 0 Å². The molecule has 0 aromatic heterocycles. The van der Waals surface area contributed by atoms with E-state index in [9.17, 15) is 4.79 Å². The van der Waals surface area contributed by atoms with E-state index < -0.39 is 0 Å². The van der Waals surface area contributed by atoms with E-state index in [1.54, 1.807) is 14.1 Å². The summed E-state index contributed by atoms with van der Waals surface area (Å²) in [5.74, 6) is 1.43. The second-order valence-corrected chi connectivity index (χ2v) is 4.30. The second-order valence-electron chi connectivity index (χ2n) is 3.28. The zero-order valence-electron chi connectivity index (χ0n) is 8.52. The molecular weight excluding hydrogens is 214 g/mol. The summed E-state index contributed by atoms with van der Waals surface area (Å²) in [6.07, 6.45) is 0. The van der Waals surface area contributed by atoms with Gasteiger partial charge in [0.2, 0.25) is 6.79 Å². The molecule has 0 spiro atoms. The molecule has 1 aromatic rings. The molecule has 2 rings (SSSR count). The van der Waals surface area contributed by atoms with E-state index in [1.165, 1.54) is 16.7 Å². The third-order valence-corrected chi connectivity index (χ3v) is 2.94. The Kier molecular flexibility index (Phi) is 2.73. The van der Waals surface area contributed by atoms with E-state index >= 15 is 0 Å². The predicted octanol–water partition coefficient (Wildman–Crippen LogP) is 2.19. The van der Waals surface area contributed by atoms with Crippen LogP contribution in [0.15, 0.2) is 23.1 Å². The van der Waals surface area contributed by atoms with Gasteiger partial charge in [0.1, 0.15) is 0 Å². The van der Waals surface area contributed by atoms with E-state index in [2.05, 4.69) is 0 Å². The van der Waals surface area contributed by atoms with Crippen LogP contribution < -0.4 is 9.47 Å². The number of amides is 1. The highest BCUT2D eigenvalue weighted by Gasteiger charge is 2.15. The average molecular weight is 225 g/mol. The van der Waals surface area contributed by atoms with Gasteiger partial charge in [-0.2, -0.15) is 0 Å². The molecular formula is C10H11NO3S. The van der Waals surface area contributed by atoms with Crippen LogP contribution in [0.2, 0.25) is 0 Å². The Morgan fingerprint density at radius 1 is 1.33 bits per heavy atom. The number of carbonyl (C=O) groups is 1. The fraction of sp³-hybridized carbons (Fsp3) is 0.300. The first-order chi connectivity index (χ1) is 7.16. The molecule has 0 fully saturated rings. The minimum absolute atomic E-state index is 0.00568. The van der Waals surface area contributed by atoms with Gasteiger partial charge in [-0.05, 0) is 30.0 Å². The fourth-order valence-corrected chi connectivity index (χ4v) is 1.82. The second kappa shape index (κ2) is 4.02. The third-order valence-electron chi connectivity index (χ3n) is 1.91. The van der Waals surface area contributed by atoms with Crippen LogP contribution in [0.25, 0.3) is 0 Å². The van der Waals surface area contributed by atoms with Crippen LogP contribution in [-0.4, -0.2) is 31.0 Å². The van der Waals surface area contributed by atoms with Gasteiger partial charge in [0.15, 0.2) is 11.5 Å². The molecule has 0 unspecified atom stereocenters. The van der Waals surface area contributed by atoms with Crippen molar-refractivity contribution < 1.29 is 14.3 Å². The SMILES string of the molecule is CN(C)C(=O)Sc1ccc2c(c1)OCO2. The molecule has 1 amide bonds. The number of ether oxygens (including phenoxy) is 2. The maximum absolute atomic E-state index is 11.4. The summed E-state index contributed by atoms with van der Waals surface area (Å²) >= 11 is 1.17. The molecule has 0 radical (unpaired) electrons. The molecule has 15 heavy (non-hydrogen) atoms. The van der Waals surface area contributed by atoms with Crippen LogP contribution >= 0.6 is 11.8 Å². The topological polar surface area (TPSA) is 38.8 Å². The highest BCUT2D eigenvalue weighted by molar-refractivity contribution is 8.13. The van der Waals surface area contributed by atoms with Crippen molar-refractivity contribution in [2.24, 2.45) is 0 Å². The van der Waals surface area contributed by atoms with Crippen molar-refractivity contribution in [3.05, 3.63) is 18.2 Å². The van der Waals surface area contributed by atoms with E-state index in [0.29, 0.717) is 5.75 Å². The average Bonchev–Trinajstić information content (AvgIpc) is 2.64. The first-order valence-electron chi connectivity index (χ1n) is 4.45. The normalized spacial score (nSPS) is 12.7. The Bertz CT molecular complexity index is 392. The first kappa shape index (κ1) is 10.2. The number of carbonyl (C=O) groups excluding carboxylic acids is 1. The van der Waals surface area contributed by atoms with Crippen LogP contribution in [0.4, 0.5) is 4.79 Å². The lowest BCUT2D eigenvalue weighted by atomic mass is 10.3. The zero-order chi connectivity index (χ0) is 10.8. The molecule has 0 saturated carbocycles. The van der Waals surface area contributed by atoms with Gasteiger partial charge in [0, 0.05) is 19.0 Å². The van der Waals surface area contributed by atoms with E-state index in [-0.39, 0.29) is 12.0 Å².